The lowest BCUT2D eigenvalue weighted by Gasteiger charge is -2.14. The molecule has 94 valence electrons. The van der Waals surface area contributed by atoms with Crippen molar-refractivity contribution in [3.05, 3.63) is 33.4 Å². The van der Waals surface area contributed by atoms with Crippen molar-refractivity contribution in [1.29, 1.82) is 0 Å². The fourth-order valence-electron chi connectivity index (χ4n) is 2.61. The zero-order valence-corrected chi connectivity index (χ0v) is 11.4. The monoisotopic (exact) mass is 312 g/mol. The van der Waals surface area contributed by atoms with Crippen molar-refractivity contribution in [2.75, 3.05) is 12.4 Å². The average Bonchev–Trinajstić information content (AvgIpc) is 2.81. The van der Waals surface area contributed by atoms with Gasteiger partial charge >= 0.3 is 0 Å². The maximum absolute atomic E-state index is 13.9. The number of nitrogens with one attached hydrogen (secondary N) is 1. The minimum atomic E-state index is -0.614. The number of hydrogen-bond donors (Lipinski definition) is 1. The van der Waals surface area contributed by atoms with Crippen LogP contribution in [0.15, 0.2) is 10.5 Å². The number of halogens is 3. The third kappa shape index (κ3) is 1.53. The minimum absolute atomic E-state index is 0.230. The molecule has 0 bridgehead atoms. The lowest BCUT2D eigenvalue weighted by Crippen LogP contribution is -2.02. The summed E-state index contributed by atoms with van der Waals surface area (Å²) in [5.41, 5.74) is 3.02. The van der Waals surface area contributed by atoms with Gasteiger partial charge in [0.15, 0.2) is 5.82 Å². The number of benzene rings is 1. The van der Waals surface area contributed by atoms with Gasteiger partial charge in [0, 0.05) is 29.9 Å². The molecule has 0 aliphatic heterocycles. The summed E-state index contributed by atoms with van der Waals surface area (Å²) in [7, 11) is 1.77. The highest BCUT2D eigenvalue weighted by molar-refractivity contribution is 9.10. The van der Waals surface area contributed by atoms with Crippen LogP contribution >= 0.6 is 15.9 Å². The Kier molecular flexibility index (Phi) is 2.73. The zero-order chi connectivity index (χ0) is 12.9. The quantitative estimate of drug-likeness (QED) is 0.810. The number of pyridine rings is 1. The number of anilines is 1. The molecule has 0 atom stereocenters. The Morgan fingerprint density at radius 3 is 2.78 bits per heavy atom. The molecule has 1 aromatic carbocycles. The first-order valence-electron chi connectivity index (χ1n) is 5.80. The van der Waals surface area contributed by atoms with Crippen LogP contribution < -0.4 is 5.32 Å². The van der Waals surface area contributed by atoms with Gasteiger partial charge in [-0.05, 0) is 40.8 Å². The fourth-order valence-corrected chi connectivity index (χ4v) is 3.11. The molecule has 1 aliphatic rings. The Labute approximate surface area is 112 Å². The van der Waals surface area contributed by atoms with Crippen LogP contribution in [-0.4, -0.2) is 12.0 Å². The van der Waals surface area contributed by atoms with Crippen LogP contribution in [0.25, 0.3) is 10.9 Å². The van der Waals surface area contributed by atoms with E-state index in [1.165, 1.54) is 0 Å². The average molecular weight is 313 g/mol. The highest BCUT2D eigenvalue weighted by Gasteiger charge is 2.23. The molecular formula is C13H11BrF2N2. The van der Waals surface area contributed by atoms with Gasteiger partial charge in [-0.3, -0.25) is 0 Å². The van der Waals surface area contributed by atoms with Crippen molar-refractivity contribution >= 4 is 32.5 Å². The first-order valence-corrected chi connectivity index (χ1v) is 6.59. The van der Waals surface area contributed by atoms with Crippen LogP contribution in [-0.2, 0) is 12.8 Å². The van der Waals surface area contributed by atoms with Crippen LogP contribution in [0.3, 0.4) is 0 Å². The molecule has 18 heavy (non-hydrogen) atoms. The molecule has 1 aromatic heterocycles. The van der Waals surface area contributed by atoms with Gasteiger partial charge in [-0.1, -0.05) is 0 Å². The van der Waals surface area contributed by atoms with Gasteiger partial charge in [0.2, 0.25) is 0 Å². The smallest absolute Gasteiger partial charge is 0.152 e. The molecule has 1 aliphatic carbocycles. The molecule has 0 radical (unpaired) electrons. The summed E-state index contributed by atoms with van der Waals surface area (Å²) in [5.74, 6) is -1.21. The summed E-state index contributed by atoms with van der Waals surface area (Å²) < 4.78 is 27.8. The number of aryl methyl sites for hydroxylation is 1. The van der Waals surface area contributed by atoms with Crippen molar-refractivity contribution < 1.29 is 8.78 Å². The van der Waals surface area contributed by atoms with Crippen LogP contribution in [0, 0.1) is 11.6 Å². The molecule has 2 aromatic rings. The first kappa shape index (κ1) is 11.8. The standard InChI is InChI=1S/C13H11BrF2N2/c1-17-12-6-3-2-4-9(6)18-13-8(16)5-7(15)11(14)10(12)13/h5H,2-4H2,1H3,(H,17,18). The predicted molar refractivity (Wildman–Crippen MR) is 70.9 cm³/mol. The van der Waals surface area contributed by atoms with Gasteiger partial charge in [0.05, 0.1) is 4.47 Å². The Balaban J connectivity index is 2.51. The third-order valence-corrected chi connectivity index (χ3v) is 4.16. The van der Waals surface area contributed by atoms with E-state index in [-0.39, 0.29) is 9.99 Å². The largest absolute Gasteiger partial charge is 0.387 e. The second-order valence-electron chi connectivity index (χ2n) is 4.39. The Bertz CT molecular complexity index is 655. The minimum Gasteiger partial charge on any atom is -0.387 e. The molecule has 0 amide bonds. The van der Waals surface area contributed by atoms with E-state index in [0.717, 1.165) is 42.3 Å². The van der Waals surface area contributed by atoms with E-state index in [4.69, 9.17) is 0 Å². The topological polar surface area (TPSA) is 24.9 Å². The van der Waals surface area contributed by atoms with E-state index in [0.29, 0.717) is 5.39 Å². The Morgan fingerprint density at radius 2 is 2.06 bits per heavy atom. The summed E-state index contributed by atoms with van der Waals surface area (Å²) in [5, 5.41) is 3.56. The third-order valence-electron chi connectivity index (χ3n) is 3.38. The molecular weight excluding hydrogens is 302 g/mol. The van der Waals surface area contributed by atoms with Crippen LogP contribution in [0.1, 0.15) is 17.7 Å². The summed E-state index contributed by atoms with van der Waals surface area (Å²) >= 11 is 3.19. The van der Waals surface area contributed by atoms with Gasteiger partial charge < -0.3 is 5.32 Å². The van der Waals surface area contributed by atoms with Crippen LogP contribution in [0.5, 0.6) is 0 Å². The first-order chi connectivity index (χ1) is 8.63. The normalized spacial score (nSPS) is 14.0. The fraction of sp³-hybridized carbons (Fsp3) is 0.308. The van der Waals surface area contributed by atoms with Crippen molar-refractivity contribution in [3.8, 4) is 0 Å². The lowest BCUT2D eigenvalue weighted by molar-refractivity contribution is 0.586. The molecule has 0 saturated carbocycles. The molecule has 3 rings (SSSR count). The molecule has 1 N–H and O–H groups in total. The van der Waals surface area contributed by atoms with E-state index in [1.54, 1.807) is 7.05 Å². The highest BCUT2D eigenvalue weighted by atomic mass is 79.9. The van der Waals surface area contributed by atoms with Gasteiger partial charge in [-0.25, -0.2) is 13.8 Å². The highest BCUT2D eigenvalue weighted by Crippen LogP contribution is 2.39. The number of aromatic nitrogens is 1. The number of rotatable bonds is 1. The van der Waals surface area contributed by atoms with Gasteiger partial charge in [-0.2, -0.15) is 0 Å². The van der Waals surface area contributed by atoms with E-state index in [2.05, 4.69) is 26.2 Å². The summed E-state index contributed by atoms with van der Waals surface area (Å²) in [4.78, 5) is 4.35. The van der Waals surface area contributed by atoms with Crippen molar-refractivity contribution in [3.63, 3.8) is 0 Å². The number of nitrogens with zero attached hydrogens (tertiary/aromatic N) is 1. The molecule has 1 heterocycles. The summed E-state index contributed by atoms with van der Waals surface area (Å²) in [6.45, 7) is 0. The second-order valence-corrected chi connectivity index (χ2v) is 5.19. The van der Waals surface area contributed by atoms with Gasteiger partial charge in [-0.15, -0.1) is 0 Å². The van der Waals surface area contributed by atoms with E-state index < -0.39 is 11.6 Å². The SMILES string of the molecule is CNc1c2c(nc3c(F)cc(F)c(Br)c13)CCC2. The second kappa shape index (κ2) is 4.16. The van der Waals surface area contributed by atoms with Gasteiger partial charge in [0.1, 0.15) is 11.3 Å². The molecule has 0 fully saturated rings. The zero-order valence-electron chi connectivity index (χ0n) is 9.78. The molecule has 5 heteroatoms. The van der Waals surface area contributed by atoms with Crippen molar-refractivity contribution in [1.82, 2.24) is 4.98 Å². The van der Waals surface area contributed by atoms with Gasteiger partial charge in [0.25, 0.3) is 0 Å². The summed E-state index contributed by atoms with van der Waals surface area (Å²) in [6, 6.07) is 0.875. The maximum Gasteiger partial charge on any atom is 0.152 e. The van der Waals surface area contributed by atoms with Crippen LogP contribution in [0.2, 0.25) is 0 Å². The molecule has 2 nitrogen and oxygen atoms in total. The Morgan fingerprint density at radius 1 is 1.28 bits per heavy atom. The summed E-state index contributed by atoms with van der Waals surface area (Å²) in [6.07, 6.45) is 2.77. The predicted octanol–water partition coefficient (Wildman–Crippen LogP) is 3.81. The van der Waals surface area contributed by atoms with E-state index in [1.807, 2.05) is 0 Å². The molecule has 0 unspecified atom stereocenters. The number of hydrogen-bond acceptors (Lipinski definition) is 2. The number of fused-ring (bicyclic) bond motifs is 2. The van der Waals surface area contributed by atoms with Crippen molar-refractivity contribution in [2.24, 2.45) is 0 Å². The molecule has 0 spiro atoms. The molecule has 0 saturated heterocycles. The van der Waals surface area contributed by atoms with E-state index >= 15 is 0 Å². The Hall–Kier alpha value is -1.23. The van der Waals surface area contributed by atoms with E-state index in [9.17, 15) is 8.78 Å². The lowest BCUT2D eigenvalue weighted by atomic mass is 10.1. The van der Waals surface area contributed by atoms with Crippen molar-refractivity contribution in [2.45, 2.75) is 19.3 Å². The van der Waals surface area contributed by atoms with Crippen LogP contribution in [0.4, 0.5) is 14.5 Å². The maximum atomic E-state index is 13.9.